The van der Waals surface area contributed by atoms with Gasteiger partial charge in [-0.3, -0.25) is 0 Å². The molecule has 0 aromatic carbocycles. The summed E-state index contributed by atoms with van der Waals surface area (Å²) in [4.78, 5) is 0. The van der Waals surface area contributed by atoms with Crippen LogP contribution in [0.15, 0.2) is 0 Å². The summed E-state index contributed by atoms with van der Waals surface area (Å²) in [6.45, 7) is 8.99. The minimum Gasteiger partial charge on any atom is -0.313 e. The van der Waals surface area contributed by atoms with Crippen LogP contribution in [0, 0.1) is 16.7 Å². The quantitative estimate of drug-likeness (QED) is 0.516. The van der Waals surface area contributed by atoms with Gasteiger partial charge in [-0.25, -0.2) is 0 Å². The average Bonchev–Trinajstić information content (AvgIpc) is 2.28. The molecule has 15 heavy (non-hydrogen) atoms. The summed E-state index contributed by atoms with van der Waals surface area (Å²) >= 11 is 0. The topological polar surface area (TPSA) is 23.9 Å². The summed E-state index contributed by atoms with van der Waals surface area (Å²) in [5.74, 6) is 0.722. The molecular weight excluding hydrogens is 182 g/mol. The molecule has 0 aliphatic carbocycles. The highest BCUT2D eigenvalue weighted by molar-refractivity contribution is 5.62. The first kappa shape index (κ1) is 14.7. The smallest absolute Gasteiger partial charge is 0.00469 e. The van der Waals surface area contributed by atoms with Crippen molar-refractivity contribution in [2.75, 3.05) is 0 Å². The van der Waals surface area contributed by atoms with Crippen molar-refractivity contribution in [2.24, 2.45) is 11.3 Å². The van der Waals surface area contributed by atoms with Crippen molar-refractivity contribution in [3.05, 3.63) is 0 Å². The van der Waals surface area contributed by atoms with Crippen LogP contribution in [0.25, 0.3) is 0 Å². The van der Waals surface area contributed by atoms with Crippen LogP contribution in [-0.4, -0.2) is 6.21 Å². The summed E-state index contributed by atoms with van der Waals surface area (Å²) in [6, 6.07) is 0. The number of rotatable bonds is 9. The van der Waals surface area contributed by atoms with Crippen LogP contribution in [0.3, 0.4) is 0 Å². The second-order valence-electron chi connectivity index (χ2n) is 4.99. The van der Waals surface area contributed by atoms with Crippen LogP contribution in [-0.2, 0) is 0 Å². The monoisotopic (exact) mass is 211 g/mol. The second-order valence-corrected chi connectivity index (χ2v) is 4.99. The van der Waals surface area contributed by atoms with Crippen LogP contribution < -0.4 is 0 Å². The Morgan fingerprint density at radius 1 is 1.07 bits per heavy atom. The molecule has 0 rings (SSSR count). The fourth-order valence-corrected chi connectivity index (χ4v) is 2.21. The number of nitrogens with one attached hydrogen (secondary N) is 1. The fraction of sp³-hybridized carbons (Fsp3) is 0.929. The predicted octanol–water partition coefficient (Wildman–Crippen LogP) is 5.05. The minimum absolute atomic E-state index is 0.143. The molecule has 0 heterocycles. The second kappa shape index (κ2) is 7.90. The van der Waals surface area contributed by atoms with E-state index in [-0.39, 0.29) is 5.41 Å². The first-order chi connectivity index (χ1) is 7.14. The van der Waals surface area contributed by atoms with Crippen LogP contribution in [0.2, 0.25) is 0 Å². The first-order valence-corrected chi connectivity index (χ1v) is 6.66. The Kier molecular flexibility index (Phi) is 7.72. The lowest BCUT2D eigenvalue weighted by molar-refractivity contribution is 0.235. The molecule has 0 fully saturated rings. The summed E-state index contributed by atoms with van der Waals surface area (Å²) in [6.07, 6.45) is 10.6. The average molecular weight is 211 g/mol. The van der Waals surface area contributed by atoms with Crippen LogP contribution in [0.1, 0.15) is 72.6 Å². The summed E-state index contributed by atoms with van der Waals surface area (Å²) < 4.78 is 0. The van der Waals surface area contributed by atoms with Gasteiger partial charge in [0.25, 0.3) is 0 Å². The van der Waals surface area contributed by atoms with E-state index in [0.717, 1.165) is 12.3 Å². The van der Waals surface area contributed by atoms with Gasteiger partial charge in [0.1, 0.15) is 0 Å². The van der Waals surface area contributed by atoms with Gasteiger partial charge in [0, 0.05) is 11.6 Å². The van der Waals surface area contributed by atoms with Gasteiger partial charge in [-0.1, -0.05) is 53.4 Å². The van der Waals surface area contributed by atoms with E-state index in [2.05, 4.69) is 27.7 Å². The molecule has 1 heteroatoms. The van der Waals surface area contributed by atoms with E-state index in [9.17, 15) is 0 Å². The molecule has 90 valence electrons. The van der Waals surface area contributed by atoms with Gasteiger partial charge in [-0.15, -0.1) is 0 Å². The van der Waals surface area contributed by atoms with Gasteiger partial charge in [-0.2, -0.15) is 0 Å². The Bertz CT molecular complexity index is 157. The third-order valence-electron chi connectivity index (χ3n) is 3.84. The highest BCUT2D eigenvalue weighted by atomic mass is 14.4. The Labute approximate surface area is 96.2 Å². The first-order valence-electron chi connectivity index (χ1n) is 6.66. The number of hydrogen-bond acceptors (Lipinski definition) is 1. The molecule has 1 atom stereocenters. The highest BCUT2D eigenvalue weighted by Crippen LogP contribution is 2.36. The maximum absolute atomic E-state index is 7.63. The van der Waals surface area contributed by atoms with Crippen molar-refractivity contribution in [1.29, 1.82) is 5.41 Å². The minimum atomic E-state index is 0.143. The van der Waals surface area contributed by atoms with Crippen molar-refractivity contribution in [2.45, 2.75) is 72.6 Å². The number of hydrogen-bond donors (Lipinski definition) is 1. The third-order valence-corrected chi connectivity index (χ3v) is 3.84. The van der Waals surface area contributed by atoms with E-state index in [4.69, 9.17) is 5.41 Å². The standard InChI is InChI=1S/C14H29N/c1-5-8-10-13(11-9-6-2)14(4,7-3)12-15/h12-13,15H,5-11H2,1-4H3. The molecule has 0 bridgehead atoms. The normalized spacial score (nSPS) is 15.3. The van der Waals surface area contributed by atoms with Crippen molar-refractivity contribution in [3.63, 3.8) is 0 Å². The van der Waals surface area contributed by atoms with Gasteiger partial charge in [0.2, 0.25) is 0 Å². The van der Waals surface area contributed by atoms with Gasteiger partial charge in [0.15, 0.2) is 0 Å². The molecule has 1 nitrogen and oxygen atoms in total. The lowest BCUT2D eigenvalue weighted by Gasteiger charge is -2.33. The lowest BCUT2D eigenvalue weighted by Crippen LogP contribution is -2.28. The van der Waals surface area contributed by atoms with Gasteiger partial charge in [0.05, 0.1) is 0 Å². The van der Waals surface area contributed by atoms with E-state index < -0.39 is 0 Å². The van der Waals surface area contributed by atoms with Crippen molar-refractivity contribution in [1.82, 2.24) is 0 Å². The van der Waals surface area contributed by atoms with E-state index in [1.165, 1.54) is 38.5 Å². The van der Waals surface area contributed by atoms with E-state index in [1.54, 1.807) is 6.21 Å². The molecule has 0 aliphatic rings. The maximum Gasteiger partial charge on any atom is 0.00469 e. The Morgan fingerprint density at radius 3 is 1.80 bits per heavy atom. The summed E-state index contributed by atoms with van der Waals surface area (Å²) in [5.41, 5.74) is 0.143. The van der Waals surface area contributed by atoms with Crippen LogP contribution in [0.4, 0.5) is 0 Å². The van der Waals surface area contributed by atoms with Gasteiger partial charge < -0.3 is 5.41 Å². The molecule has 0 aliphatic heterocycles. The molecule has 0 saturated carbocycles. The lowest BCUT2D eigenvalue weighted by atomic mass is 9.71. The van der Waals surface area contributed by atoms with Crippen molar-refractivity contribution >= 4 is 6.21 Å². The zero-order valence-corrected chi connectivity index (χ0v) is 11.1. The fourth-order valence-electron chi connectivity index (χ4n) is 2.21. The zero-order valence-electron chi connectivity index (χ0n) is 11.1. The summed E-state index contributed by atoms with van der Waals surface area (Å²) in [7, 11) is 0. The van der Waals surface area contributed by atoms with E-state index in [0.29, 0.717) is 0 Å². The molecule has 1 N–H and O–H groups in total. The molecule has 0 aromatic heterocycles. The van der Waals surface area contributed by atoms with Crippen molar-refractivity contribution in [3.8, 4) is 0 Å². The SMILES string of the molecule is CCCCC(CCCC)C(C)(C=N)CC. The molecule has 0 radical (unpaired) electrons. The maximum atomic E-state index is 7.63. The largest absolute Gasteiger partial charge is 0.313 e. The Morgan fingerprint density at radius 2 is 1.53 bits per heavy atom. The predicted molar refractivity (Wildman–Crippen MR) is 69.7 cm³/mol. The Hall–Kier alpha value is -0.330. The molecule has 0 aromatic rings. The molecule has 0 saturated heterocycles. The molecular formula is C14H29N. The summed E-state index contributed by atoms with van der Waals surface area (Å²) in [5, 5.41) is 7.63. The van der Waals surface area contributed by atoms with Crippen LogP contribution in [0.5, 0.6) is 0 Å². The highest BCUT2D eigenvalue weighted by Gasteiger charge is 2.29. The molecule has 0 amide bonds. The van der Waals surface area contributed by atoms with Gasteiger partial charge in [-0.05, 0) is 25.2 Å². The Balaban J connectivity index is 4.36. The van der Waals surface area contributed by atoms with Crippen molar-refractivity contribution < 1.29 is 0 Å². The zero-order chi connectivity index (χ0) is 11.7. The van der Waals surface area contributed by atoms with E-state index in [1.807, 2.05) is 0 Å². The van der Waals surface area contributed by atoms with Gasteiger partial charge >= 0.3 is 0 Å². The molecule has 0 spiro atoms. The third kappa shape index (κ3) is 4.81. The molecule has 1 unspecified atom stereocenters. The van der Waals surface area contributed by atoms with Crippen LogP contribution >= 0.6 is 0 Å². The number of unbranched alkanes of at least 4 members (excludes halogenated alkanes) is 2. The van der Waals surface area contributed by atoms with E-state index >= 15 is 0 Å².